The van der Waals surface area contributed by atoms with E-state index in [4.69, 9.17) is 5.73 Å². The predicted molar refractivity (Wildman–Crippen MR) is 75.8 cm³/mol. The lowest BCUT2D eigenvalue weighted by Crippen LogP contribution is -2.28. The average molecular weight is 300 g/mol. The number of hydrogen-bond acceptors (Lipinski definition) is 6. The van der Waals surface area contributed by atoms with Crippen molar-refractivity contribution < 1.29 is 13.9 Å². The fourth-order valence-electron chi connectivity index (χ4n) is 1.44. The molecule has 0 aliphatic heterocycles. The first-order chi connectivity index (χ1) is 9.32. The summed E-state index contributed by atoms with van der Waals surface area (Å²) in [5.41, 5.74) is 4.90. The van der Waals surface area contributed by atoms with E-state index < -0.39 is 27.3 Å². The molecule has 2 unspecified atom stereocenters. The van der Waals surface area contributed by atoms with Crippen LogP contribution in [0.15, 0.2) is 12.3 Å². The van der Waals surface area contributed by atoms with Crippen LogP contribution in [-0.4, -0.2) is 38.1 Å². The summed E-state index contributed by atoms with van der Waals surface area (Å²) in [6.07, 6.45) is 3.05. The number of anilines is 1. The van der Waals surface area contributed by atoms with Gasteiger partial charge in [0.2, 0.25) is 0 Å². The fraction of sp³-hybridized carbons (Fsp3) is 0.455. The minimum absolute atomic E-state index is 0.0313. The van der Waals surface area contributed by atoms with Gasteiger partial charge in [0.05, 0.1) is 4.92 Å². The SMILES string of the molecule is CC(CCNC(=O)c1cc(N)ncc1[N+](=O)[O-])S(C)=O. The van der Waals surface area contributed by atoms with Crippen molar-refractivity contribution in [2.24, 2.45) is 0 Å². The lowest BCUT2D eigenvalue weighted by atomic mass is 10.2. The smallest absolute Gasteiger partial charge is 0.300 e. The van der Waals surface area contributed by atoms with Crippen LogP contribution in [0, 0.1) is 10.1 Å². The van der Waals surface area contributed by atoms with Gasteiger partial charge in [0.1, 0.15) is 17.6 Å². The van der Waals surface area contributed by atoms with E-state index in [1.54, 1.807) is 13.2 Å². The van der Waals surface area contributed by atoms with Crippen LogP contribution in [0.2, 0.25) is 0 Å². The number of nitrogens with zero attached hydrogens (tertiary/aromatic N) is 2. The number of nitro groups is 1. The first-order valence-electron chi connectivity index (χ1n) is 5.83. The van der Waals surface area contributed by atoms with Crippen molar-refractivity contribution in [1.29, 1.82) is 0 Å². The van der Waals surface area contributed by atoms with Crippen LogP contribution in [-0.2, 0) is 10.8 Å². The van der Waals surface area contributed by atoms with Gasteiger partial charge in [-0.15, -0.1) is 0 Å². The number of pyridine rings is 1. The third kappa shape index (κ3) is 4.26. The highest BCUT2D eigenvalue weighted by atomic mass is 32.2. The van der Waals surface area contributed by atoms with Gasteiger partial charge in [-0.1, -0.05) is 6.92 Å². The third-order valence-electron chi connectivity index (χ3n) is 2.75. The van der Waals surface area contributed by atoms with Crippen LogP contribution in [0.3, 0.4) is 0 Å². The van der Waals surface area contributed by atoms with Crippen LogP contribution in [0.25, 0.3) is 0 Å². The Bertz CT molecular complexity index is 549. The molecule has 1 rings (SSSR count). The molecule has 1 heterocycles. The zero-order valence-electron chi connectivity index (χ0n) is 11.2. The highest BCUT2D eigenvalue weighted by Crippen LogP contribution is 2.18. The molecule has 0 fully saturated rings. The lowest BCUT2D eigenvalue weighted by molar-refractivity contribution is -0.385. The number of nitrogens with two attached hydrogens (primary N) is 1. The van der Waals surface area contributed by atoms with Gasteiger partial charge in [0.15, 0.2) is 0 Å². The van der Waals surface area contributed by atoms with Gasteiger partial charge >= 0.3 is 0 Å². The molecule has 0 saturated heterocycles. The molecule has 1 amide bonds. The Morgan fingerprint density at radius 1 is 1.65 bits per heavy atom. The molecule has 0 saturated carbocycles. The highest BCUT2D eigenvalue weighted by molar-refractivity contribution is 7.84. The normalized spacial score (nSPS) is 13.5. The topological polar surface area (TPSA) is 128 Å². The second-order valence-corrected chi connectivity index (χ2v) is 6.04. The van der Waals surface area contributed by atoms with Gasteiger partial charge in [-0.05, 0) is 12.5 Å². The van der Waals surface area contributed by atoms with E-state index in [1.807, 2.05) is 0 Å². The molecular formula is C11H16N4O4S. The molecular weight excluding hydrogens is 284 g/mol. The number of amides is 1. The Hall–Kier alpha value is -2.03. The average Bonchev–Trinajstić information content (AvgIpc) is 2.37. The monoisotopic (exact) mass is 300 g/mol. The molecule has 3 N–H and O–H groups in total. The summed E-state index contributed by atoms with van der Waals surface area (Å²) in [6, 6.07) is 1.16. The number of nitrogen functional groups attached to an aromatic ring is 1. The van der Waals surface area contributed by atoms with Crippen molar-refractivity contribution in [2.45, 2.75) is 18.6 Å². The molecule has 0 aromatic carbocycles. The number of carbonyl (C=O) groups excluding carboxylic acids is 1. The maximum atomic E-state index is 11.9. The number of rotatable bonds is 6. The number of aromatic nitrogens is 1. The first kappa shape index (κ1) is 16.0. The van der Waals surface area contributed by atoms with E-state index in [9.17, 15) is 19.1 Å². The first-order valence-corrected chi connectivity index (χ1v) is 7.45. The van der Waals surface area contributed by atoms with Crippen LogP contribution in [0.1, 0.15) is 23.7 Å². The molecule has 8 nitrogen and oxygen atoms in total. The maximum absolute atomic E-state index is 11.9. The Morgan fingerprint density at radius 2 is 2.30 bits per heavy atom. The van der Waals surface area contributed by atoms with Crippen molar-refractivity contribution >= 4 is 28.2 Å². The van der Waals surface area contributed by atoms with Gasteiger partial charge in [-0.25, -0.2) is 4.98 Å². The predicted octanol–water partition coefficient (Wildman–Crippen LogP) is 0.459. The molecule has 1 aromatic rings. The summed E-state index contributed by atoms with van der Waals surface area (Å²) in [7, 11) is -0.974. The van der Waals surface area contributed by atoms with E-state index in [0.717, 1.165) is 12.3 Å². The van der Waals surface area contributed by atoms with Gasteiger partial charge in [0.25, 0.3) is 11.6 Å². The van der Waals surface area contributed by atoms with E-state index in [2.05, 4.69) is 10.3 Å². The van der Waals surface area contributed by atoms with E-state index in [1.165, 1.54) is 0 Å². The Balaban J connectivity index is 2.75. The zero-order valence-corrected chi connectivity index (χ0v) is 12.0. The van der Waals surface area contributed by atoms with Gasteiger partial charge in [-0.2, -0.15) is 0 Å². The molecule has 0 radical (unpaired) electrons. The number of carbonyl (C=O) groups is 1. The minimum Gasteiger partial charge on any atom is -0.384 e. The van der Waals surface area contributed by atoms with Crippen molar-refractivity contribution in [2.75, 3.05) is 18.5 Å². The summed E-state index contributed by atoms with van der Waals surface area (Å²) >= 11 is 0. The van der Waals surface area contributed by atoms with Crippen LogP contribution in [0.4, 0.5) is 11.5 Å². The summed E-state index contributed by atoms with van der Waals surface area (Å²) in [4.78, 5) is 25.6. The van der Waals surface area contributed by atoms with Gasteiger partial charge in [0, 0.05) is 28.9 Å². The van der Waals surface area contributed by atoms with Crippen LogP contribution < -0.4 is 11.1 Å². The molecule has 1 aromatic heterocycles. The quantitative estimate of drug-likeness (QED) is 0.580. The summed E-state index contributed by atoms with van der Waals surface area (Å²) in [5.74, 6) is -0.566. The molecule has 0 spiro atoms. The molecule has 9 heteroatoms. The van der Waals surface area contributed by atoms with Crippen LogP contribution in [0.5, 0.6) is 0 Å². The molecule has 20 heavy (non-hydrogen) atoms. The number of nitrogens with one attached hydrogen (secondary N) is 1. The Labute approximate surface area is 118 Å². The molecule has 2 atom stereocenters. The summed E-state index contributed by atoms with van der Waals surface area (Å²) in [5, 5.41) is 13.3. The molecule has 0 aliphatic rings. The van der Waals surface area contributed by atoms with E-state index in [0.29, 0.717) is 6.42 Å². The van der Waals surface area contributed by atoms with Crippen molar-refractivity contribution in [3.8, 4) is 0 Å². The van der Waals surface area contributed by atoms with E-state index >= 15 is 0 Å². The van der Waals surface area contributed by atoms with E-state index in [-0.39, 0.29) is 23.2 Å². The van der Waals surface area contributed by atoms with Gasteiger partial charge < -0.3 is 11.1 Å². The zero-order chi connectivity index (χ0) is 15.3. The van der Waals surface area contributed by atoms with Crippen molar-refractivity contribution in [1.82, 2.24) is 10.3 Å². The second-order valence-electron chi connectivity index (χ2n) is 4.24. The summed E-state index contributed by atoms with van der Waals surface area (Å²) in [6.45, 7) is 2.08. The van der Waals surface area contributed by atoms with Crippen LogP contribution >= 0.6 is 0 Å². The largest absolute Gasteiger partial charge is 0.384 e. The standard InChI is InChI=1S/C11H16N4O4S/c1-7(20(2)19)3-4-13-11(16)8-5-10(12)14-6-9(8)15(17)18/h5-7H,3-4H2,1-2H3,(H2,12,14)(H,13,16). The number of hydrogen-bond donors (Lipinski definition) is 2. The fourth-order valence-corrected chi connectivity index (χ4v) is 1.89. The molecule has 0 bridgehead atoms. The second kappa shape index (κ2) is 6.94. The lowest BCUT2D eigenvalue weighted by Gasteiger charge is -2.09. The van der Waals surface area contributed by atoms with Crippen molar-refractivity contribution in [3.63, 3.8) is 0 Å². The minimum atomic E-state index is -0.974. The summed E-state index contributed by atoms with van der Waals surface area (Å²) < 4.78 is 11.2. The Morgan fingerprint density at radius 3 is 2.85 bits per heavy atom. The molecule has 0 aliphatic carbocycles. The molecule has 110 valence electrons. The maximum Gasteiger partial charge on any atom is 0.300 e. The van der Waals surface area contributed by atoms with Crippen molar-refractivity contribution in [3.05, 3.63) is 27.9 Å². The highest BCUT2D eigenvalue weighted by Gasteiger charge is 2.21. The third-order valence-corrected chi connectivity index (χ3v) is 4.12. The Kier molecular flexibility index (Phi) is 5.56. The van der Waals surface area contributed by atoms with Gasteiger partial charge in [-0.3, -0.25) is 19.1 Å².